The van der Waals surface area contributed by atoms with Crippen LogP contribution in [0.3, 0.4) is 0 Å². The number of anilines is 2. The molecule has 5 nitrogen and oxygen atoms in total. The van der Waals surface area contributed by atoms with E-state index in [2.05, 4.69) is 15.6 Å². The fourth-order valence-electron chi connectivity index (χ4n) is 2.44. The minimum absolute atomic E-state index is 0.00168. The van der Waals surface area contributed by atoms with Gasteiger partial charge in [0, 0.05) is 11.9 Å². The van der Waals surface area contributed by atoms with E-state index in [1.807, 2.05) is 0 Å². The molecular weight excluding hydrogens is 395 g/mol. The first-order valence-electron chi connectivity index (χ1n) is 8.51. The monoisotopic (exact) mass is 410 g/mol. The van der Waals surface area contributed by atoms with E-state index in [-0.39, 0.29) is 23.0 Å². The van der Waals surface area contributed by atoms with Crippen molar-refractivity contribution < 1.29 is 26.7 Å². The number of hydrogen-bond acceptors (Lipinski definition) is 4. The number of amides is 1. The number of allylic oxidation sites excluding steroid dienone is 2. The molecule has 0 radical (unpaired) electrons. The zero-order valence-electron chi connectivity index (χ0n) is 14.8. The highest BCUT2D eigenvalue weighted by atomic mass is 19.4. The highest BCUT2D eigenvalue weighted by molar-refractivity contribution is 6.04. The van der Waals surface area contributed by atoms with Gasteiger partial charge >= 0.3 is 6.18 Å². The van der Waals surface area contributed by atoms with E-state index in [1.165, 1.54) is 12.1 Å². The van der Waals surface area contributed by atoms with Crippen molar-refractivity contribution in [2.75, 3.05) is 10.6 Å². The van der Waals surface area contributed by atoms with Crippen LogP contribution in [0.15, 0.2) is 48.3 Å². The van der Waals surface area contributed by atoms with Crippen molar-refractivity contribution in [3.8, 4) is 0 Å². The maximum absolute atomic E-state index is 13.6. The second-order valence-corrected chi connectivity index (χ2v) is 6.39. The third kappa shape index (κ3) is 5.15. The summed E-state index contributed by atoms with van der Waals surface area (Å²) < 4.78 is 65.0. The molecule has 1 amide bonds. The van der Waals surface area contributed by atoms with Crippen molar-refractivity contribution in [3.05, 3.63) is 65.5 Å². The predicted molar refractivity (Wildman–Crippen MR) is 96.8 cm³/mol. The second-order valence-electron chi connectivity index (χ2n) is 6.39. The van der Waals surface area contributed by atoms with Gasteiger partial charge in [0.05, 0.1) is 5.56 Å². The highest BCUT2D eigenvalue weighted by Gasteiger charge is 2.35. The zero-order chi connectivity index (χ0) is 21.2. The van der Waals surface area contributed by atoms with Crippen molar-refractivity contribution in [3.63, 3.8) is 0 Å². The molecule has 29 heavy (non-hydrogen) atoms. The summed E-state index contributed by atoms with van der Waals surface area (Å²) in [6.07, 6.45) is -1.52. The molecule has 0 aliphatic heterocycles. The van der Waals surface area contributed by atoms with Crippen LogP contribution in [-0.2, 0) is 0 Å². The number of carbonyl (C=O) groups excluding carboxylic acids is 1. The van der Waals surface area contributed by atoms with Gasteiger partial charge in [-0.3, -0.25) is 10.2 Å². The van der Waals surface area contributed by atoms with Gasteiger partial charge in [-0.15, -0.1) is 0 Å². The molecule has 1 heterocycles. The minimum atomic E-state index is -4.75. The largest absolute Gasteiger partial charge is 0.432 e. The third-order valence-electron chi connectivity index (χ3n) is 4.12. The van der Waals surface area contributed by atoms with Crippen molar-refractivity contribution in [1.82, 2.24) is 4.98 Å². The molecule has 3 N–H and O–H groups in total. The molecule has 152 valence electrons. The fraction of sp³-hybridized carbons (Fsp3) is 0.211. The zero-order valence-corrected chi connectivity index (χ0v) is 14.8. The van der Waals surface area contributed by atoms with Crippen LogP contribution in [0.25, 0.3) is 0 Å². The molecule has 1 aromatic carbocycles. The summed E-state index contributed by atoms with van der Waals surface area (Å²) in [7, 11) is 0. The number of nitrogens with zero attached hydrogens (tertiary/aromatic N) is 1. The molecule has 0 unspecified atom stereocenters. The average Bonchev–Trinajstić information content (AvgIpc) is 3.49. The van der Waals surface area contributed by atoms with Gasteiger partial charge in [-0.05, 0) is 49.1 Å². The van der Waals surface area contributed by atoms with Gasteiger partial charge in [-0.2, -0.15) is 13.2 Å². The van der Waals surface area contributed by atoms with Crippen LogP contribution in [0.5, 0.6) is 0 Å². The number of aromatic nitrogens is 1. The average molecular weight is 410 g/mol. The third-order valence-corrected chi connectivity index (χ3v) is 4.12. The first-order valence-corrected chi connectivity index (χ1v) is 8.51. The first kappa shape index (κ1) is 20.4. The number of alkyl halides is 3. The summed E-state index contributed by atoms with van der Waals surface area (Å²) in [6, 6.07) is 5.80. The number of nitrogens with one attached hydrogen (secondary N) is 3. The van der Waals surface area contributed by atoms with Crippen molar-refractivity contribution in [2.45, 2.75) is 19.0 Å². The van der Waals surface area contributed by atoms with E-state index in [9.17, 15) is 26.7 Å². The molecule has 1 fully saturated rings. The number of para-hydroxylation sites is 1. The maximum Gasteiger partial charge on any atom is 0.432 e. The summed E-state index contributed by atoms with van der Waals surface area (Å²) in [4.78, 5) is 16.1. The standard InChI is InChI=1S/C19H15F5N4O/c20-12-2-1-3-13(21)17(12)28-18(29)11-6-7-16(26-9-11)27-14(10-4-5-10)8-15(25)19(22,23)24/h1-3,6-10,25H,4-5H2,(H,26,27)(H,28,29)/b14-8-,25-15?. The second kappa shape index (κ2) is 7.98. The van der Waals surface area contributed by atoms with E-state index >= 15 is 0 Å². The maximum atomic E-state index is 13.6. The Morgan fingerprint density at radius 1 is 1.10 bits per heavy atom. The van der Waals surface area contributed by atoms with E-state index < -0.39 is 35.1 Å². The van der Waals surface area contributed by atoms with Gasteiger partial charge < -0.3 is 10.6 Å². The van der Waals surface area contributed by atoms with Gasteiger partial charge in [0.2, 0.25) is 0 Å². The van der Waals surface area contributed by atoms with Crippen molar-refractivity contribution in [1.29, 1.82) is 5.41 Å². The Labute approximate surface area is 162 Å². The summed E-state index contributed by atoms with van der Waals surface area (Å²) >= 11 is 0. The Balaban J connectivity index is 1.71. The lowest BCUT2D eigenvalue weighted by molar-refractivity contribution is -0.0584. The van der Waals surface area contributed by atoms with Gasteiger partial charge in [0.15, 0.2) is 0 Å². The molecule has 1 aromatic heterocycles. The van der Waals surface area contributed by atoms with E-state index in [1.54, 1.807) is 0 Å². The number of halogens is 5. The van der Waals surface area contributed by atoms with Crippen molar-refractivity contribution >= 4 is 23.1 Å². The Bertz CT molecular complexity index is 945. The molecule has 3 rings (SSSR count). The molecule has 0 bridgehead atoms. The predicted octanol–water partition coefficient (Wildman–Crippen LogP) is 4.90. The minimum Gasteiger partial charge on any atom is -0.343 e. The lowest BCUT2D eigenvalue weighted by atomic mass is 10.2. The molecule has 0 atom stereocenters. The molecule has 1 saturated carbocycles. The smallest absolute Gasteiger partial charge is 0.343 e. The van der Waals surface area contributed by atoms with Crippen LogP contribution < -0.4 is 10.6 Å². The normalized spacial score (nSPS) is 14.4. The Kier molecular flexibility index (Phi) is 5.62. The summed E-state index contributed by atoms with van der Waals surface area (Å²) in [5.41, 5.74) is -1.86. The van der Waals surface area contributed by atoms with Gasteiger partial charge in [0.25, 0.3) is 5.91 Å². The van der Waals surface area contributed by atoms with E-state index in [0.717, 1.165) is 30.5 Å². The molecular formula is C19H15F5N4O. The van der Waals surface area contributed by atoms with Crippen LogP contribution in [0.4, 0.5) is 33.5 Å². The molecule has 0 spiro atoms. The SMILES string of the molecule is N=C(/C=C(\Nc1ccc(C(=O)Nc2c(F)cccc2F)cn1)C1CC1)C(F)(F)F. The number of pyridine rings is 1. The molecule has 10 heteroatoms. The fourth-order valence-corrected chi connectivity index (χ4v) is 2.44. The quantitative estimate of drug-likeness (QED) is 0.468. The van der Waals surface area contributed by atoms with Crippen LogP contribution in [-0.4, -0.2) is 22.8 Å². The lowest BCUT2D eigenvalue weighted by Gasteiger charge is -2.12. The number of rotatable bonds is 6. The number of carbonyl (C=O) groups is 1. The van der Waals surface area contributed by atoms with Gasteiger partial charge in [0.1, 0.15) is 28.9 Å². The lowest BCUT2D eigenvalue weighted by Crippen LogP contribution is -2.21. The van der Waals surface area contributed by atoms with Gasteiger partial charge in [-0.25, -0.2) is 13.8 Å². The summed E-state index contributed by atoms with van der Waals surface area (Å²) in [5, 5.41) is 12.0. The van der Waals surface area contributed by atoms with Crippen LogP contribution in [0, 0.1) is 23.0 Å². The van der Waals surface area contributed by atoms with E-state index in [4.69, 9.17) is 5.41 Å². The Hall–Kier alpha value is -3.30. The molecule has 0 saturated heterocycles. The number of benzene rings is 1. The van der Waals surface area contributed by atoms with Crippen molar-refractivity contribution in [2.24, 2.45) is 5.92 Å². The first-order chi connectivity index (χ1) is 13.6. The molecule has 1 aliphatic carbocycles. The highest BCUT2D eigenvalue weighted by Crippen LogP contribution is 2.37. The topological polar surface area (TPSA) is 77.9 Å². The van der Waals surface area contributed by atoms with Crippen LogP contribution >= 0.6 is 0 Å². The molecule has 2 aromatic rings. The van der Waals surface area contributed by atoms with Crippen LogP contribution in [0.2, 0.25) is 0 Å². The van der Waals surface area contributed by atoms with Gasteiger partial charge in [-0.1, -0.05) is 6.07 Å². The Morgan fingerprint density at radius 3 is 2.28 bits per heavy atom. The Morgan fingerprint density at radius 2 is 1.76 bits per heavy atom. The number of hydrogen-bond donors (Lipinski definition) is 3. The summed E-state index contributed by atoms with van der Waals surface area (Å²) in [5.74, 6) is -2.62. The van der Waals surface area contributed by atoms with E-state index in [0.29, 0.717) is 12.8 Å². The van der Waals surface area contributed by atoms with Crippen LogP contribution in [0.1, 0.15) is 23.2 Å². The molecule has 1 aliphatic rings. The summed E-state index contributed by atoms with van der Waals surface area (Å²) in [6.45, 7) is 0.